The Morgan fingerprint density at radius 1 is 1.00 bits per heavy atom. The second-order valence-electron chi connectivity index (χ2n) is 8.48. The van der Waals surface area contributed by atoms with Crippen LogP contribution in [-0.4, -0.2) is 27.0 Å². The molecule has 2 heterocycles. The number of carbonyl (C=O) groups excluding carboxylic acids is 2. The third-order valence-electron chi connectivity index (χ3n) is 5.90. The van der Waals surface area contributed by atoms with E-state index in [9.17, 15) is 14.7 Å². The van der Waals surface area contributed by atoms with Crippen molar-refractivity contribution in [2.24, 2.45) is 0 Å². The van der Waals surface area contributed by atoms with Crippen molar-refractivity contribution < 1.29 is 14.7 Å². The number of anilines is 1. The van der Waals surface area contributed by atoms with Crippen molar-refractivity contribution in [3.63, 3.8) is 0 Å². The Kier molecular flexibility index (Phi) is 7.30. The molecule has 4 aromatic rings. The van der Waals surface area contributed by atoms with Gasteiger partial charge in [-0.2, -0.15) is 0 Å². The molecule has 0 saturated heterocycles. The van der Waals surface area contributed by atoms with Crippen molar-refractivity contribution in [1.82, 2.24) is 10.2 Å². The van der Waals surface area contributed by atoms with Crippen molar-refractivity contribution >= 4 is 46.0 Å². The monoisotopic (exact) mass is 525 g/mol. The number of aliphatic hydroxyl groups excluding tert-OH is 1. The lowest BCUT2D eigenvalue weighted by atomic mass is 9.95. The summed E-state index contributed by atoms with van der Waals surface area (Å²) in [6.45, 7) is 1.96. The number of rotatable bonds is 8. The summed E-state index contributed by atoms with van der Waals surface area (Å²) in [5.41, 5.74) is 3.76. The summed E-state index contributed by atoms with van der Waals surface area (Å²) in [5, 5.41) is 19.7. The number of aryl methyl sites for hydroxylation is 1. The average Bonchev–Trinajstić information content (AvgIpc) is 3.50. The van der Waals surface area contributed by atoms with Gasteiger partial charge in [0.2, 0.25) is 5.13 Å². The number of aromatic nitrogens is 2. The highest BCUT2D eigenvalue weighted by Gasteiger charge is 2.45. The molecule has 1 unspecified atom stereocenters. The predicted octanol–water partition coefficient (Wildman–Crippen LogP) is 6.32. The maximum atomic E-state index is 13.3. The van der Waals surface area contributed by atoms with E-state index >= 15 is 0 Å². The molecule has 0 aliphatic carbocycles. The molecule has 1 amide bonds. The van der Waals surface area contributed by atoms with E-state index in [0.29, 0.717) is 20.8 Å². The molecule has 0 fully saturated rings. The summed E-state index contributed by atoms with van der Waals surface area (Å²) in [4.78, 5) is 28.0. The van der Waals surface area contributed by atoms with Crippen LogP contribution in [0.5, 0.6) is 0 Å². The molecule has 8 heteroatoms. The fourth-order valence-corrected chi connectivity index (χ4v) is 5.85. The van der Waals surface area contributed by atoms with Gasteiger partial charge in [-0.3, -0.25) is 14.5 Å². The molecule has 1 atom stereocenters. The van der Waals surface area contributed by atoms with Gasteiger partial charge in [-0.25, -0.2) is 0 Å². The Bertz CT molecular complexity index is 1480. The van der Waals surface area contributed by atoms with Crippen LogP contribution in [0, 0.1) is 6.92 Å². The van der Waals surface area contributed by atoms with Gasteiger partial charge in [0, 0.05) is 5.75 Å². The second kappa shape index (κ2) is 10.9. The summed E-state index contributed by atoms with van der Waals surface area (Å²) in [5.74, 6) is -0.965. The number of amides is 1. The number of hydrogen-bond donors (Lipinski definition) is 1. The van der Waals surface area contributed by atoms with E-state index in [1.54, 1.807) is 6.08 Å². The van der Waals surface area contributed by atoms with E-state index in [0.717, 1.165) is 16.7 Å². The van der Waals surface area contributed by atoms with Gasteiger partial charge in [0.1, 0.15) is 0 Å². The number of carbonyl (C=O) groups is 2. The minimum absolute atomic E-state index is 0.0229. The van der Waals surface area contributed by atoms with Crippen LogP contribution in [0.2, 0.25) is 0 Å². The third-order valence-corrected chi connectivity index (χ3v) is 8.03. The summed E-state index contributed by atoms with van der Waals surface area (Å²) in [6, 6.07) is 26.1. The van der Waals surface area contributed by atoms with Crippen LogP contribution in [0.3, 0.4) is 0 Å². The highest BCUT2D eigenvalue weighted by molar-refractivity contribution is 8.00. The first-order valence-electron chi connectivity index (χ1n) is 11.6. The van der Waals surface area contributed by atoms with E-state index in [-0.39, 0.29) is 5.57 Å². The van der Waals surface area contributed by atoms with E-state index < -0.39 is 23.5 Å². The molecular formula is C29H23N3O3S2. The van der Waals surface area contributed by atoms with Crippen LogP contribution in [-0.2, 0) is 15.3 Å². The molecule has 1 aliphatic rings. The smallest absolute Gasteiger partial charge is 0.296 e. The van der Waals surface area contributed by atoms with Crippen LogP contribution < -0.4 is 4.90 Å². The zero-order chi connectivity index (χ0) is 25.8. The highest BCUT2D eigenvalue weighted by Crippen LogP contribution is 2.43. The molecule has 5 rings (SSSR count). The van der Waals surface area contributed by atoms with E-state index in [1.807, 2.05) is 91.9 Å². The van der Waals surface area contributed by atoms with Gasteiger partial charge in [0.25, 0.3) is 5.91 Å². The fraction of sp³-hybridized carbons (Fsp3) is 0.103. The molecule has 184 valence electrons. The normalized spacial score (nSPS) is 15.6. The van der Waals surface area contributed by atoms with Crippen LogP contribution in [0.1, 0.15) is 28.3 Å². The Labute approximate surface area is 223 Å². The lowest BCUT2D eigenvalue weighted by Gasteiger charge is -2.23. The summed E-state index contributed by atoms with van der Waals surface area (Å²) < 4.78 is 0.692. The van der Waals surface area contributed by atoms with E-state index in [4.69, 9.17) is 0 Å². The topological polar surface area (TPSA) is 83.4 Å². The molecule has 0 spiro atoms. The highest BCUT2D eigenvalue weighted by atomic mass is 32.2. The maximum Gasteiger partial charge on any atom is 0.296 e. The van der Waals surface area contributed by atoms with Gasteiger partial charge in [0.05, 0.1) is 11.6 Å². The minimum Gasteiger partial charge on any atom is -0.503 e. The molecular weight excluding hydrogens is 502 g/mol. The Hall–Kier alpha value is -4.01. The number of aliphatic hydroxyl groups is 1. The number of nitrogens with zero attached hydrogens (tertiary/aromatic N) is 3. The van der Waals surface area contributed by atoms with Gasteiger partial charge < -0.3 is 5.11 Å². The summed E-state index contributed by atoms with van der Waals surface area (Å²) in [7, 11) is 0. The zero-order valence-electron chi connectivity index (χ0n) is 19.9. The molecule has 0 bridgehead atoms. The summed E-state index contributed by atoms with van der Waals surface area (Å²) >= 11 is 2.78. The van der Waals surface area contributed by atoms with Crippen LogP contribution in [0.4, 0.5) is 5.13 Å². The standard InChI is InChI=1S/C29H23N3O3S2/c1-19-12-15-22(16-13-19)25-24(23(33)17-14-20-8-4-2-5-9-20)26(34)27(35)32(25)28-30-31-29(37-28)36-18-21-10-6-3-7-11-21/h2-17,25,34H,18H2,1H3. The fourth-order valence-electron chi connectivity index (χ4n) is 4.02. The lowest BCUT2D eigenvalue weighted by Crippen LogP contribution is -2.30. The van der Waals surface area contributed by atoms with Crippen LogP contribution >= 0.6 is 23.1 Å². The molecule has 6 nitrogen and oxygen atoms in total. The number of hydrogen-bond acceptors (Lipinski definition) is 7. The maximum absolute atomic E-state index is 13.3. The SMILES string of the molecule is Cc1ccc(C2C(C(=O)C=Cc3ccccc3)=C(O)C(=O)N2c2nnc(SCc3ccccc3)s2)cc1. The molecule has 1 aliphatic heterocycles. The molecule has 1 N–H and O–H groups in total. The van der Waals surface area contributed by atoms with E-state index in [1.165, 1.54) is 34.1 Å². The van der Waals surface area contributed by atoms with Crippen molar-refractivity contribution in [3.8, 4) is 0 Å². The van der Waals surface area contributed by atoms with Crippen LogP contribution in [0.25, 0.3) is 6.08 Å². The van der Waals surface area contributed by atoms with Gasteiger partial charge in [-0.05, 0) is 29.7 Å². The molecule has 0 radical (unpaired) electrons. The average molecular weight is 526 g/mol. The summed E-state index contributed by atoms with van der Waals surface area (Å²) in [6.07, 6.45) is 3.06. The predicted molar refractivity (Wildman–Crippen MR) is 147 cm³/mol. The molecule has 0 saturated carbocycles. The Morgan fingerprint density at radius 3 is 2.38 bits per heavy atom. The van der Waals surface area contributed by atoms with Crippen molar-refractivity contribution in [2.45, 2.75) is 23.1 Å². The number of benzene rings is 3. The Morgan fingerprint density at radius 2 is 1.68 bits per heavy atom. The molecule has 37 heavy (non-hydrogen) atoms. The van der Waals surface area contributed by atoms with Gasteiger partial charge >= 0.3 is 0 Å². The van der Waals surface area contributed by atoms with Crippen molar-refractivity contribution in [3.05, 3.63) is 125 Å². The first-order valence-corrected chi connectivity index (χ1v) is 13.4. The quantitative estimate of drug-likeness (QED) is 0.165. The largest absolute Gasteiger partial charge is 0.503 e. The molecule has 1 aromatic heterocycles. The second-order valence-corrected chi connectivity index (χ2v) is 10.7. The zero-order valence-corrected chi connectivity index (χ0v) is 21.6. The Balaban J connectivity index is 1.46. The van der Waals surface area contributed by atoms with Crippen LogP contribution in [0.15, 0.2) is 107 Å². The van der Waals surface area contributed by atoms with Gasteiger partial charge in [-0.15, -0.1) is 10.2 Å². The first-order chi connectivity index (χ1) is 18.0. The van der Waals surface area contributed by atoms with Crippen molar-refractivity contribution in [1.29, 1.82) is 0 Å². The molecule has 3 aromatic carbocycles. The van der Waals surface area contributed by atoms with E-state index in [2.05, 4.69) is 10.2 Å². The number of ketones is 1. The van der Waals surface area contributed by atoms with Gasteiger partial charge in [-0.1, -0.05) is 120 Å². The van der Waals surface area contributed by atoms with Crippen molar-refractivity contribution in [2.75, 3.05) is 4.90 Å². The van der Waals surface area contributed by atoms with Gasteiger partial charge in [0.15, 0.2) is 15.9 Å². The first kappa shape index (κ1) is 24.7. The minimum atomic E-state index is -0.819. The number of thioether (sulfide) groups is 1. The third kappa shape index (κ3) is 5.40. The number of allylic oxidation sites excluding steroid dienone is 1. The lowest BCUT2D eigenvalue weighted by molar-refractivity contribution is -0.117.